The van der Waals surface area contributed by atoms with Crippen LogP contribution in [0.2, 0.25) is 5.02 Å². The number of piperazine rings is 1. The fourth-order valence-electron chi connectivity index (χ4n) is 4.28. The summed E-state index contributed by atoms with van der Waals surface area (Å²) in [6.45, 7) is 14.0. The summed E-state index contributed by atoms with van der Waals surface area (Å²) in [5.74, 6) is -0.383. The number of benzene rings is 1. The Morgan fingerprint density at radius 3 is 2.53 bits per heavy atom. The van der Waals surface area contributed by atoms with Crippen LogP contribution in [0.15, 0.2) is 24.3 Å². The van der Waals surface area contributed by atoms with Gasteiger partial charge in [-0.3, -0.25) is 14.5 Å². The zero-order chi connectivity index (χ0) is 25.7. The summed E-state index contributed by atoms with van der Waals surface area (Å²) in [6, 6.07) is 6.76. The zero-order valence-corrected chi connectivity index (χ0v) is 22.4. The molecule has 1 aromatic carbocycles. The first kappa shape index (κ1) is 28.6. The van der Waals surface area contributed by atoms with E-state index in [0.29, 0.717) is 43.2 Å². The number of nitrogens with one attached hydrogen (secondary N) is 1. The van der Waals surface area contributed by atoms with E-state index in [1.54, 1.807) is 11.0 Å². The van der Waals surface area contributed by atoms with E-state index >= 15 is 0 Å². The van der Waals surface area contributed by atoms with Crippen molar-refractivity contribution in [3.05, 3.63) is 29.3 Å². The first-order chi connectivity index (χ1) is 15.7. The molecule has 1 heterocycles. The van der Waals surface area contributed by atoms with Gasteiger partial charge < -0.3 is 21.1 Å². The molecule has 34 heavy (non-hydrogen) atoms. The van der Waals surface area contributed by atoms with Gasteiger partial charge in [0.25, 0.3) is 0 Å². The highest BCUT2D eigenvalue weighted by atomic mass is 35.5. The summed E-state index contributed by atoms with van der Waals surface area (Å²) in [7, 11) is 0. The number of aliphatic hydroxyl groups excluding tert-OH is 1. The number of para-hydroxylation sites is 1. The molecule has 0 bridgehead atoms. The molecule has 4 N–H and O–H groups in total. The van der Waals surface area contributed by atoms with Gasteiger partial charge in [0.2, 0.25) is 11.8 Å². The molecule has 2 rings (SSSR count). The molecule has 2 unspecified atom stereocenters. The minimum Gasteiger partial charge on any atom is -0.391 e. The lowest BCUT2D eigenvalue weighted by molar-refractivity contribution is -0.126. The number of anilines is 1. The highest BCUT2D eigenvalue weighted by molar-refractivity contribution is 6.33. The highest BCUT2D eigenvalue weighted by Crippen LogP contribution is 2.31. The van der Waals surface area contributed by atoms with Crippen molar-refractivity contribution in [3.8, 4) is 0 Å². The van der Waals surface area contributed by atoms with Crippen LogP contribution in [-0.2, 0) is 9.59 Å². The van der Waals surface area contributed by atoms with E-state index in [1.807, 2.05) is 30.0 Å². The molecule has 7 nitrogen and oxygen atoms in total. The number of carbonyl (C=O) groups excluding carboxylic acids is 2. The van der Waals surface area contributed by atoms with E-state index < -0.39 is 12.1 Å². The summed E-state index contributed by atoms with van der Waals surface area (Å²) in [6.07, 6.45) is 1.00. The molecule has 0 radical (unpaired) electrons. The molecule has 3 atom stereocenters. The molecule has 2 amide bonds. The predicted molar refractivity (Wildman–Crippen MR) is 139 cm³/mol. The van der Waals surface area contributed by atoms with Crippen LogP contribution in [0, 0.1) is 11.3 Å². The first-order valence-corrected chi connectivity index (χ1v) is 12.6. The van der Waals surface area contributed by atoms with Gasteiger partial charge in [-0.1, -0.05) is 57.8 Å². The van der Waals surface area contributed by atoms with Gasteiger partial charge in [0.1, 0.15) is 0 Å². The monoisotopic (exact) mass is 494 g/mol. The van der Waals surface area contributed by atoms with E-state index in [4.69, 9.17) is 17.3 Å². The molecule has 1 aliphatic rings. The van der Waals surface area contributed by atoms with Gasteiger partial charge in [-0.05, 0) is 44.2 Å². The van der Waals surface area contributed by atoms with Gasteiger partial charge >= 0.3 is 0 Å². The lowest BCUT2D eigenvalue weighted by atomic mass is 9.90. The maximum atomic E-state index is 13.0. The highest BCUT2D eigenvalue weighted by Gasteiger charge is 2.40. The molecule has 0 spiro atoms. The molecule has 1 aliphatic heterocycles. The van der Waals surface area contributed by atoms with Crippen LogP contribution in [0.3, 0.4) is 0 Å². The third-order valence-electron chi connectivity index (χ3n) is 6.42. The Morgan fingerprint density at radius 2 is 1.94 bits per heavy atom. The fraction of sp³-hybridized carbons (Fsp3) is 0.692. The van der Waals surface area contributed by atoms with Gasteiger partial charge in [0.15, 0.2) is 0 Å². The van der Waals surface area contributed by atoms with Crippen molar-refractivity contribution < 1.29 is 14.7 Å². The summed E-state index contributed by atoms with van der Waals surface area (Å²) in [4.78, 5) is 29.4. The Kier molecular flexibility index (Phi) is 9.95. The number of hydrogen-bond acceptors (Lipinski definition) is 5. The van der Waals surface area contributed by atoms with E-state index in [9.17, 15) is 14.7 Å². The van der Waals surface area contributed by atoms with Crippen molar-refractivity contribution in [1.82, 2.24) is 10.2 Å². The molecule has 0 saturated carbocycles. The zero-order valence-electron chi connectivity index (χ0n) is 21.6. The second kappa shape index (κ2) is 11.8. The second-order valence-corrected chi connectivity index (χ2v) is 11.8. The quantitative estimate of drug-likeness (QED) is 0.463. The number of rotatable bonds is 10. The lowest BCUT2D eigenvalue weighted by Crippen LogP contribution is -2.64. The van der Waals surface area contributed by atoms with Gasteiger partial charge in [-0.25, -0.2) is 0 Å². The van der Waals surface area contributed by atoms with Crippen LogP contribution in [0.1, 0.15) is 60.8 Å². The van der Waals surface area contributed by atoms with Crippen LogP contribution >= 0.6 is 11.6 Å². The minimum atomic E-state index is -0.843. The molecular formula is C26H43ClN4O3. The number of carbonyl (C=O) groups is 2. The molecule has 1 aromatic rings. The van der Waals surface area contributed by atoms with Crippen molar-refractivity contribution in [2.24, 2.45) is 17.1 Å². The van der Waals surface area contributed by atoms with E-state index in [2.05, 4.69) is 39.9 Å². The smallest absolute Gasteiger partial charge is 0.241 e. The third kappa shape index (κ3) is 7.94. The van der Waals surface area contributed by atoms with Crippen molar-refractivity contribution in [2.75, 3.05) is 31.1 Å². The topological polar surface area (TPSA) is 98.9 Å². The average molecular weight is 495 g/mol. The molecule has 8 heteroatoms. The molecular weight excluding hydrogens is 452 g/mol. The van der Waals surface area contributed by atoms with Crippen LogP contribution < -0.4 is 16.0 Å². The van der Waals surface area contributed by atoms with E-state index in [-0.39, 0.29) is 35.2 Å². The standard InChI is InChI=1S/C26H43ClN4O3/c1-7-10-18(24(34)29-16-25(2,3)4)13-22(32)20(28)14-30-15-23(33)31(17-26(30,5)6)21-12-9-8-11-19(21)27/h8-9,11-12,18,20,22,32H,7,10,13-17,28H2,1-6H3,(H,29,34)/t18?,20-,22?/m0/s1. The van der Waals surface area contributed by atoms with E-state index in [0.717, 1.165) is 6.42 Å². The Balaban J connectivity index is 2.01. The summed E-state index contributed by atoms with van der Waals surface area (Å²) in [5, 5.41) is 14.4. The second-order valence-electron chi connectivity index (χ2n) is 11.4. The van der Waals surface area contributed by atoms with Crippen molar-refractivity contribution in [1.29, 1.82) is 0 Å². The van der Waals surface area contributed by atoms with Crippen LogP contribution in [-0.4, -0.2) is 65.7 Å². The van der Waals surface area contributed by atoms with E-state index in [1.165, 1.54) is 0 Å². The number of hydrogen-bond donors (Lipinski definition) is 3. The van der Waals surface area contributed by atoms with Gasteiger partial charge in [-0.2, -0.15) is 0 Å². The normalized spacial score (nSPS) is 19.6. The first-order valence-electron chi connectivity index (χ1n) is 12.3. The fourth-order valence-corrected chi connectivity index (χ4v) is 4.52. The predicted octanol–water partition coefficient (Wildman–Crippen LogP) is 3.42. The van der Waals surface area contributed by atoms with Gasteiger partial charge in [-0.15, -0.1) is 0 Å². The van der Waals surface area contributed by atoms with Gasteiger partial charge in [0, 0.05) is 37.1 Å². The van der Waals surface area contributed by atoms with Crippen molar-refractivity contribution >= 4 is 29.1 Å². The Labute approximate surface area is 210 Å². The molecule has 1 fully saturated rings. The SMILES string of the molecule is CCCC(CC(O)[C@@H](N)CN1CC(=O)N(c2ccccc2Cl)CC1(C)C)C(=O)NCC(C)(C)C. The summed E-state index contributed by atoms with van der Waals surface area (Å²) < 4.78 is 0. The largest absolute Gasteiger partial charge is 0.391 e. The Hall–Kier alpha value is -1.67. The number of amides is 2. The van der Waals surface area contributed by atoms with Crippen LogP contribution in [0.5, 0.6) is 0 Å². The van der Waals surface area contributed by atoms with Crippen LogP contribution in [0.25, 0.3) is 0 Å². The summed E-state index contributed by atoms with van der Waals surface area (Å²) >= 11 is 6.33. The summed E-state index contributed by atoms with van der Waals surface area (Å²) in [5.41, 5.74) is 6.73. The number of nitrogens with zero attached hydrogens (tertiary/aromatic N) is 2. The van der Waals surface area contributed by atoms with Crippen LogP contribution in [0.4, 0.5) is 5.69 Å². The molecule has 0 aliphatic carbocycles. The number of halogens is 1. The molecule has 192 valence electrons. The van der Waals surface area contributed by atoms with Gasteiger partial charge in [0.05, 0.1) is 23.4 Å². The Morgan fingerprint density at radius 1 is 1.29 bits per heavy atom. The maximum absolute atomic E-state index is 13.0. The van der Waals surface area contributed by atoms with Crippen molar-refractivity contribution in [2.45, 2.75) is 78.5 Å². The van der Waals surface area contributed by atoms with Crippen molar-refractivity contribution in [3.63, 3.8) is 0 Å². The lowest BCUT2D eigenvalue weighted by Gasteiger charge is -2.47. The average Bonchev–Trinajstić information content (AvgIpc) is 2.74. The number of aliphatic hydroxyl groups is 1. The molecule has 0 aromatic heterocycles. The Bertz CT molecular complexity index is 840. The molecule has 1 saturated heterocycles. The minimum absolute atomic E-state index is 0.00825. The number of nitrogens with two attached hydrogens (primary N) is 1. The third-order valence-corrected chi connectivity index (χ3v) is 6.74. The maximum Gasteiger partial charge on any atom is 0.241 e.